The van der Waals surface area contributed by atoms with Gasteiger partial charge in [0.2, 0.25) is 11.8 Å². The van der Waals surface area contributed by atoms with Crippen LogP contribution in [0.3, 0.4) is 0 Å². The van der Waals surface area contributed by atoms with E-state index in [-0.39, 0.29) is 17.7 Å². The van der Waals surface area contributed by atoms with Gasteiger partial charge in [-0.3, -0.25) is 19.8 Å². The van der Waals surface area contributed by atoms with Gasteiger partial charge in [-0.15, -0.1) is 0 Å². The molecule has 0 bridgehead atoms. The van der Waals surface area contributed by atoms with Crippen LogP contribution in [-0.2, 0) is 9.59 Å². The lowest BCUT2D eigenvalue weighted by Crippen LogP contribution is -2.19. The highest BCUT2D eigenvalue weighted by Gasteiger charge is 2.07. The molecule has 0 aromatic heterocycles. The monoisotopic (exact) mass is 484 g/mol. The molecule has 0 aliphatic rings. The Morgan fingerprint density at radius 1 is 0.583 bits per heavy atom. The fraction of sp³-hybridized carbons (Fsp3) is 0.148. The average molecular weight is 485 g/mol. The van der Waals surface area contributed by atoms with Crippen molar-refractivity contribution in [3.63, 3.8) is 0 Å². The molecular weight excluding hydrogens is 456 g/mol. The van der Waals surface area contributed by atoms with Crippen LogP contribution in [-0.4, -0.2) is 29.1 Å². The molecular formula is C27H28N6O3. The highest BCUT2D eigenvalue weighted by Crippen LogP contribution is 2.14. The Hall–Kier alpha value is -4.79. The molecule has 4 N–H and O–H groups in total. The molecule has 3 rings (SSSR count). The number of hydrogen-bond acceptors (Lipinski definition) is 6. The standard InChI is InChI=1S/C27H28N6O3/c1-17(22-7-5-9-25(15-22)28-19(3)34)30-32-24-13-11-21(12-14-24)27(36)33-31-18(2)23-8-6-10-26(16-23)29-20(4)35/h5-16,32H,1-4H3,(H,28,34)(H,29,35)(H,33,36)/b30-17+,31-18+. The lowest BCUT2D eigenvalue weighted by atomic mass is 10.1. The number of nitrogens with one attached hydrogen (secondary N) is 4. The fourth-order valence-electron chi connectivity index (χ4n) is 3.22. The second kappa shape index (κ2) is 12.1. The van der Waals surface area contributed by atoms with Gasteiger partial charge >= 0.3 is 0 Å². The number of hydrogen-bond donors (Lipinski definition) is 4. The molecule has 0 fully saturated rings. The van der Waals surface area contributed by atoms with Crippen molar-refractivity contribution in [3.05, 3.63) is 89.5 Å². The van der Waals surface area contributed by atoms with Crippen LogP contribution in [0.1, 0.15) is 49.2 Å². The van der Waals surface area contributed by atoms with Crippen molar-refractivity contribution in [3.8, 4) is 0 Å². The first-order chi connectivity index (χ1) is 17.2. The van der Waals surface area contributed by atoms with Gasteiger partial charge in [0, 0.05) is 30.8 Å². The van der Waals surface area contributed by atoms with Crippen molar-refractivity contribution in [2.24, 2.45) is 10.2 Å². The molecule has 3 aromatic carbocycles. The zero-order chi connectivity index (χ0) is 26.1. The summed E-state index contributed by atoms with van der Waals surface area (Å²) >= 11 is 0. The second-order valence-corrected chi connectivity index (χ2v) is 8.05. The Morgan fingerprint density at radius 2 is 1.08 bits per heavy atom. The van der Waals surface area contributed by atoms with E-state index in [0.717, 1.165) is 16.8 Å². The van der Waals surface area contributed by atoms with Gasteiger partial charge in [-0.05, 0) is 73.5 Å². The fourth-order valence-corrected chi connectivity index (χ4v) is 3.22. The summed E-state index contributed by atoms with van der Waals surface area (Å²) < 4.78 is 0. The van der Waals surface area contributed by atoms with E-state index in [9.17, 15) is 14.4 Å². The van der Waals surface area contributed by atoms with E-state index in [4.69, 9.17) is 0 Å². The molecule has 36 heavy (non-hydrogen) atoms. The largest absolute Gasteiger partial charge is 0.326 e. The summed E-state index contributed by atoms with van der Waals surface area (Å²) in [5.41, 5.74) is 11.0. The van der Waals surface area contributed by atoms with Crippen LogP contribution >= 0.6 is 0 Å². The average Bonchev–Trinajstić information content (AvgIpc) is 2.85. The summed E-state index contributed by atoms with van der Waals surface area (Å²) in [7, 11) is 0. The van der Waals surface area contributed by atoms with Crippen LogP contribution in [0.4, 0.5) is 17.1 Å². The summed E-state index contributed by atoms with van der Waals surface area (Å²) in [5.74, 6) is -0.653. The van der Waals surface area contributed by atoms with Crippen molar-refractivity contribution in [1.29, 1.82) is 0 Å². The van der Waals surface area contributed by atoms with Crippen LogP contribution in [0, 0.1) is 0 Å². The van der Waals surface area contributed by atoms with E-state index in [1.165, 1.54) is 13.8 Å². The minimum atomic E-state index is -0.353. The number of benzene rings is 3. The highest BCUT2D eigenvalue weighted by molar-refractivity contribution is 6.02. The Balaban J connectivity index is 1.60. The normalized spacial score (nSPS) is 11.4. The number of hydrazone groups is 2. The Morgan fingerprint density at radius 3 is 1.58 bits per heavy atom. The van der Waals surface area contributed by atoms with E-state index >= 15 is 0 Å². The number of carbonyl (C=O) groups is 3. The number of rotatable bonds is 8. The van der Waals surface area contributed by atoms with Crippen molar-refractivity contribution in [1.82, 2.24) is 5.43 Å². The van der Waals surface area contributed by atoms with E-state index in [0.29, 0.717) is 28.3 Å². The lowest BCUT2D eigenvalue weighted by Gasteiger charge is -2.08. The first-order valence-electron chi connectivity index (χ1n) is 11.2. The van der Waals surface area contributed by atoms with Gasteiger partial charge in [-0.25, -0.2) is 5.43 Å². The van der Waals surface area contributed by atoms with Gasteiger partial charge in [0.15, 0.2) is 0 Å². The zero-order valence-corrected chi connectivity index (χ0v) is 20.5. The summed E-state index contributed by atoms with van der Waals surface area (Å²) in [4.78, 5) is 35.0. The van der Waals surface area contributed by atoms with Gasteiger partial charge in [0.05, 0.1) is 17.1 Å². The molecule has 0 aliphatic heterocycles. The smallest absolute Gasteiger partial charge is 0.271 e. The maximum atomic E-state index is 12.5. The number of carbonyl (C=O) groups excluding carboxylic acids is 3. The Labute approximate surface area is 209 Å². The van der Waals surface area contributed by atoms with Crippen molar-refractivity contribution < 1.29 is 14.4 Å². The summed E-state index contributed by atoms with van der Waals surface area (Å²) in [6.45, 7) is 6.53. The molecule has 0 saturated carbocycles. The number of anilines is 3. The molecule has 9 heteroatoms. The van der Waals surface area contributed by atoms with Gasteiger partial charge < -0.3 is 10.6 Å². The molecule has 0 heterocycles. The van der Waals surface area contributed by atoms with Gasteiger partial charge in [-0.1, -0.05) is 24.3 Å². The van der Waals surface area contributed by atoms with E-state index in [2.05, 4.69) is 31.7 Å². The number of nitrogens with zero attached hydrogens (tertiary/aromatic N) is 2. The highest BCUT2D eigenvalue weighted by atomic mass is 16.2. The molecule has 3 aromatic rings. The van der Waals surface area contributed by atoms with Crippen LogP contribution in [0.5, 0.6) is 0 Å². The number of amides is 3. The zero-order valence-electron chi connectivity index (χ0n) is 20.5. The molecule has 184 valence electrons. The third-order valence-corrected chi connectivity index (χ3v) is 5.03. The minimum Gasteiger partial charge on any atom is -0.326 e. The molecule has 3 amide bonds. The molecule has 0 atom stereocenters. The third kappa shape index (κ3) is 7.63. The first-order valence-corrected chi connectivity index (χ1v) is 11.2. The SMILES string of the molecule is CC(=O)Nc1cccc(/C(C)=N/NC(=O)c2ccc(N/N=C(\C)c3cccc(NC(C)=O)c3)cc2)c1. The predicted molar refractivity (Wildman–Crippen MR) is 143 cm³/mol. The minimum absolute atomic E-state index is 0.138. The first kappa shape index (κ1) is 25.8. The second-order valence-electron chi connectivity index (χ2n) is 8.05. The predicted octanol–water partition coefficient (Wildman–Crippen LogP) is 4.59. The molecule has 0 radical (unpaired) electrons. The molecule has 0 unspecified atom stereocenters. The summed E-state index contributed by atoms with van der Waals surface area (Å²) in [5, 5.41) is 14.0. The maximum Gasteiger partial charge on any atom is 0.271 e. The van der Waals surface area contributed by atoms with Crippen molar-refractivity contribution in [2.45, 2.75) is 27.7 Å². The van der Waals surface area contributed by atoms with Gasteiger partial charge in [-0.2, -0.15) is 10.2 Å². The van der Waals surface area contributed by atoms with E-state index in [1.54, 1.807) is 49.4 Å². The Kier molecular flexibility index (Phi) is 8.66. The molecule has 0 aliphatic carbocycles. The van der Waals surface area contributed by atoms with Crippen molar-refractivity contribution in [2.75, 3.05) is 16.1 Å². The topological polar surface area (TPSA) is 124 Å². The van der Waals surface area contributed by atoms with Crippen molar-refractivity contribution >= 4 is 46.2 Å². The Bertz CT molecular complexity index is 1330. The quantitative estimate of drug-likeness (QED) is 0.276. The third-order valence-electron chi connectivity index (χ3n) is 5.03. The maximum absolute atomic E-state index is 12.5. The summed E-state index contributed by atoms with van der Waals surface area (Å²) in [6.07, 6.45) is 0. The van der Waals surface area contributed by atoms with Crippen LogP contribution < -0.4 is 21.5 Å². The summed E-state index contributed by atoms with van der Waals surface area (Å²) in [6, 6.07) is 21.4. The molecule has 0 saturated heterocycles. The van der Waals surface area contributed by atoms with Crippen LogP contribution in [0.2, 0.25) is 0 Å². The molecule has 9 nitrogen and oxygen atoms in total. The molecule has 0 spiro atoms. The van der Waals surface area contributed by atoms with E-state index < -0.39 is 0 Å². The van der Waals surface area contributed by atoms with E-state index in [1.807, 2.05) is 37.3 Å². The van der Waals surface area contributed by atoms with Crippen LogP contribution in [0.25, 0.3) is 0 Å². The lowest BCUT2D eigenvalue weighted by molar-refractivity contribution is -0.115. The van der Waals surface area contributed by atoms with Gasteiger partial charge in [0.1, 0.15) is 0 Å². The van der Waals surface area contributed by atoms with Gasteiger partial charge in [0.25, 0.3) is 5.91 Å². The van der Waals surface area contributed by atoms with Crippen LogP contribution in [0.15, 0.2) is 83.0 Å².